The number of rotatable bonds is 4. The van der Waals surface area contributed by atoms with Crippen LogP contribution < -0.4 is 0 Å². The minimum atomic E-state index is 0.600. The van der Waals surface area contributed by atoms with Crippen LogP contribution in [-0.2, 0) is 0 Å². The van der Waals surface area contributed by atoms with Gasteiger partial charge in [-0.25, -0.2) is 4.85 Å². The summed E-state index contributed by atoms with van der Waals surface area (Å²) in [5, 5.41) is 14.8. The van der Waals surface area contributed by atoms with Gasteiger partial charge >= 0.3 is 0 Å². The van der Waals surface area contributed by atoms with E-state index in [1.165, 1.54) is 10.8 Å². The van der Waals surface area contributed by atoms with Crippen molar-refractivity contribution in [3.05, 3.63) is 175 Å². The smallest absolute Gasteiger partial charge is 0.188 e. The van der Waals surface area contributed by atoms with Gasteiger partial charge in [0.15, 0.2) is 5.69 Å². The number of nitriles is 1. The molecule has 4 nitrogen and oxygen atoms in total. The molecule has 4 heteroatoms. The number of hydrogen-bond acceptors (Lipinski definition) is 1. The van der Waals surface area contributed by atoms with Gasteiger partial charge in [-0.1, -0.05) is 91.0 Å². The molecule has 0 unspecified atom stereocenters. The molecule has 2 aromatic heterocycles. The normalized spacial score (nSPS) is 11.3. The van der Waals surface area contributed by atoms with E-state index in [-0.39, 0.29) is 0 Å². The Hall–Kier alpha value is -6.88. The fourth-order valence-corrected chi connectivity index (χ4v) is 7.24. The molecule has 9 rings (SSSR count). The summed E-state index contributed by atoms with van der Waals surface area (Å²) in [6.45, 7) is 7.59. The second-order valence-electron chi connectivity index (χ2n) is 12.0. The summed E-state index contributed by atoms with van der Waals surface area (Å²) in [7, 11) is 0. The number of para-hydroxylation sites is 4. The van der Waals surface area contributed by atoms with Crippen molar-refractivity contribution in [1.82, 2.24) is 9.13 Å². The lowest BCUT2D eigenvalue weighted by molar-refractivity contribution is 1.18. The van der Waals surface area contributed by atoms with Crippen molar-refractivity contribution in [2.24, 2.45) is 0 Å². The summed E-state index contributed by atoms with van der Waals surface area (Å²) in [6, 6.07) is 56.8. The van der Waals surface area contributed by atoms with Gasteiger partial charge in [0, 0.05) is 27.4 Å². The van der Waals surface area contributed by atoms with Crippen LogP contribution >= 0.6 is 0 Å². The topological polar surface area (TPSA) is 38.0 Å². The summed E-state index contributed by atoms with van der Waals surface area (Å²) in [5.74, 6) is 0. The number of nitrogens with zero attached hydrogens (tertiary/aromatic N) is 4. The molecule has 222 valence electrons. The van der Waals surface area contributed by atoms with Crippen LogP contribution in [0.1, 0.15) is 5.56 Å². The molecule has 0 aliphatic heterocycles. The van der Waals surface area contributed by atoms with E-state index in [0.29, 0.717) is 11.3 Å². The summed E-state index contributed by atoms with van der Waals surface area (Å²) >= 11 is 0. The Morgan fingerprint density at radius 2 is 1.08 bits per heavy atom. The Labute approximate surface area is 277 Å². The molecule has 0 amide bonds. The monoisotopic (exact) mass is 610 g/mol. The number of fused-ring (bicyclic) bond motifs is 6. The summed E-state index contributed by atoms with van der Waals surface area (Å²) in [6.07, 6.45) is 0. The molecule has 0 atom stereocenters. The lowest BCUT2D eigenvalue weighted by Gasteiger charge is -2.16. The summed E-state index contributed by atoms with van der Waals surface area (Å²) < 4.78 is 4.59. The fourth-order valence-electron chi connectivity index (χ4n) is 7.24. The van der Waals surface area contributed by atoms with Gasteiger partial charge in [-0.2, -0.15) is 5.26 Å². The van der Waals surface area contributed by atoms with Crippen LogP contribution in [0.15, 0.2) is 158 Å². The molecule has 0 saturated carbocycles. The third-order valence-corrected chi connectivity index (χ3v) is 9.32. The molecule has 0 saturated heterocycles. The highest BCUT2D eigenvalue weighted by molar-refractivity contribution is 6.11. The zero-order chi connectivity index (χ0) is 32.2. The van der Waals surface area contributed by atoms with Crippen LogP contribution in [0.5, 0.6) is 0 Å². The highest BCUT2D eigenvalue weighted by Gasteiger charge is 2.17. The molecule has 0 aliphatic rings. The number of benzene rings is 7. The predicted octanol–water partition coefficient (Wildman–Crippen LogP) is 11.6. The lowest BCUT2D eigenvalue weighted by atomic mass is 9.95. The fraction of sp³-hybridized carbons (Fsp3) is 0. The molecule has 0 bridgehead atoms. The van der Waals surface area contributed by atoms with Crippen molar-refractivity contribution >= 4 is 49.3 Å². The lowest BCUT2D eigenvalue weighted by Crippen LogP contribution is -1.98. The highest BCUT2D eigenvalue weighted by Crippen LogP contribution is 2.39. The first-order valence-electron chi connectivity index (χ1n) is 15.9. The van der Waals surface area contributed by atoms with E-state index in [9.17, 15) is 5.26 Å². The predicted molar refractivity (Wildman–Crippen MR) is 197 cm³/mol. The van der Waals surface area contributed by atoms with E-state index in [1.807, 2.05) is 42.5 Å². The third-order valence-electron chi connectivity index (χ3n) is 9.32. The van der Waals surface area contributed by atoms with Crippen molar-refractivity contribution in [3.8, 4) is 39.7 Å². The molecule has 0 N–H and O–H groups in total. The van der Waals surface area contributed by atoms with Crippen LogP contribution in [0.4, 0.5) is 5.69 Å². The van der Waals surface area contributed by atoms with Gasteiger partial charge in [0.05, 0.1) is 46.0 Å². The van der Waals surface area contributed by atoms with Crippen LogP contribution in [0.25, 0.3) is 82.1 Å². The number of aromatic nitrogens is 2. The third kappa shape index (κ3) is 4.22. The maximum absolute atomic E-state index is 10.2. The number of hydrogen-bond donors (Lipinski definition) is 0. The SMILES string of the molecule is [C-]#[N+]c1ccc2c(c1)c1ccccc1n2-c1ccccc1-c1cc(C#N)cc(-c2cccc(-n3c4ccccc4c4ccccc43)c2)c1. The molecule has 48 heavy (non-hydrogen) atoms. The molecular formula is C44H26N4. The van der Waals surface area contributed by atoms with E-state index >= 15 is 0 Å². The summed E-state index contributed by atoms with van der Waals surface area (Å²) in [4.78, 5) is 3.69. The van der Waals surface area contributed by atoms with Crippen LogP contribution in [0.3, 0.4) is 0 Å². The zero-order valence-corrected chi connectivity index (χ0v) is 25.8. The maximum atomic E-state index is 10.2. The minimum absolute atomic E-state index is 0.600. The Kier molecular flexibility index (Phi) is 6.22. The molecule has 9 aromatic rings. The van der Waals surface area contributed by atoms with Gasteiger partial charge in [0.1, 0.15) is 0 Å². The quantitative estimate of drug-likeness (QED) is 0.183. The van der Waals surface area contributed by atoms with Crippen LogP contribution in [0, 0.1) is 17.9 Å². The second-order valence-corrected chi connectivity index (χ2v) is 12.0. The molecule has 2 heterocycles. The van der Waals surface area contributed by atoms with Gasteiger partial charge in [-0.3, -0.25) is 0 Å². The van der Waals surface area contributed by atoms with Gasteiger partial charge in [0.25, 0.3) is 0 Å². The van der Waals surface area contributed by atoms with E-state index in [1.54, 1.807) is 0 Å². The largest absolute Gasteiger partial charge is 0.309 e. The standard InChI is InChI=1S/C44H26N4/c1-46-33-21-22-44-39(27-33)38-16-5-9-20-43(38)48(44)40-17-6-2-13-35(40)32-24-29(28-45)23-31(25-32)30-11-10-12-34(26-30)47-41-18-7-3-14-36(41)37-15-4-8-19-42(37)47/h2-27H. The van der Waals surface area contributed by atoms with E-state index in [4.69, 9.17) is 6.57 Å². The molecule has 7 aromatic carbocycles. The van der Waals surface area contributed by atoms with Crippen molar-refractivity contribution < 1.29 is 0 Å². The Morgan fingerprint density at radius 1 is 0.479 bits per heavy atom. The van der Waals surface area contributed by atoms with Gasteiger partial charge < -0.3 is 9.13 Å². The highest BCUT2D eigenvalue weighted by atomic mass is 15.0. The van der Waals surface area contributed by atoms with Crippen LogP contribution in [-0.4, -0.2) is 9.13 Å². The first kappa shape index (κ1) is 27.4. The molecular weight excluding hydrogens is 585 g/mol. The maximum Gasteiger partial charge on any atom is 0.188 e. The van der Waals surface area contributed by atoms with E-state index < -0.39 is 0 Å². The first-order valence-corrected chi connectivity index (χ1v) is 15.9. The minimum Gasteiger partial charge on any atom is -0.309 e. The molecule has 0 spiro atoms. The molecule has 0 aliphatic carbocycles. The van der Waals surface area contributed by atoms with Gasteiger partial charge in [-0.15, -0.1) is 0 Å². The van der Waals surface area contributed by atoms with Crippen LogP contribution in [0.2, 0.25) is 0 Å². The Bertz CT molecular complexity index is 2760. The molecule has 0 radical (unpaired) electrons. The van der Waals surface area contributed by atoms with Crippen molar-refractivity contribution in [2.75, 3.05) is 0 Å². The average molecular weight is 611 g/mol. The average Bonchev–Trinajstić information content (AvgIpc) is 3.67. The second kappa shape index (κ2) is 10.9. The van der Waals surface area contributed by atoms with Crippen molar-refractivity contribution in [1.29, 1.82) is 5.26 Å². The van der Waals surface area contributed by atoms with E-state index in [2.05, 4.69) is 135 Å². The van der Waals surface area contributed by atoms with Crippen molar-refractivity contribution in [3.63, 3.8) is 0 Å². The molecule has 0 fully saturated rings. The first-order chi connectivity index (χ1) is 23.7. The summed E-state index contributed by atoms with van der Waals surface area (Å²) in [5.41, 5.74) is 11.7. The Balaban J connectivity index is 1.24. The van der Waals surface area contributed by atoms with Crippen molar-refractivity contribution in [2.45, 2.75) is 0 Å². The zero-order valence-electron chi connectivity index (χ0n) is 25.8. The van der Waals surface area contributed by atoms with Gasteiger partial charge in [-0.05, 0) is 88.8 Å². The Morgan fingerprint density at radius 3 is 1.79 bits per heavy atom. The van der Waals surface area contributed by atoms with E-state index in [0.717, 1.165) is 66.5 Å². The van der Waals surface area contributed by atoms with Gasteiger partial charge in [0.2, 0.25) is 0 Å².